The fourth-order valence-corrected chi connectivity index (χ4v) is 3.46. The average molecular weight is 319 g/mol. The lowest BCUT2D eigenvalue weighted by Crippen LogP contribution is -2.52. The number of carbonyl (C=O) groups is 1. The lowest BCUT2D eigenvalue weighted by atomic mass is 10.2. The van der Waals surface area contributed by atoms with Crippen LogP contribution in [0.15, 0.2) is 30.5 Å². The standard InChI is InChI=1S/C16H18FN3OS/c1-11-9-18-6-7-20(11)16(21)14-10-19-15(22-14)8-12-2-4-13(17)5-3-12/h2-5,10-11,18H,6-9H2,1H3. The molecule has 22 heavy (non-hydrogen) atoms. The summed E-state index contributed by atoms with van der Waals surface area (Å²) in [6.45, 7) is 4.43. The number of carbonyl (C=O) groups excluding carboxylic acids is 1. The van der Waals surface area contributed by atoms with E-state index in [4.69, 9.17) is 0 Å². The van der Waals surface area contributed by atoms with E-state index in [1.807, 2.05) is 11.8 Å². The maximum atomic E-state index is 12.9. The summed E-state index contributed by atoms with van der Waals surface area (Å²) in [4.78, 5) is 19.4. The molecule has 0 radical (unpaired) electrons. The molecule has 2 heterocycles. The first-order valence-corrected chi connectivity index (χ1v) is 8.16. The highest BCUT2D eigenvalue weighted by atomic mass is 32.1. The van der Waals surface area contributed by atoms with E-state index in [2.05, 4.69) is 10.3 Å². The molecule has 1 aliphatic rings. The van der Waals surface area contributed by atoms with Crippen LogP contribution < -0.4 is 5.32 Å². The minimum absolute atomic E-state index is 0.0526. The highest BCUT2D eigenvalue weighted by Crippen LogP contribution is 2.20. The normalized spacial score (nSPS) is 18.5. The summed E-state index contributed by atoms with van der Waals surface area (Å²) in [5, 5.41) is 4.15. The van der Waals surface area contributed by atoms with Gasteiger partial charge in [-0.15, -0.1) is 11.3 Å². The number of benzene rings is 1. The average Bonchev–Trinajstić information content (AvgIpc) is 2.98. The van der Waals surface area contributed by atoms with Crippen molar-refractivity contribution in [1.82, 2.24) is 15.2 Å². The van der Waals surface area contributed by atoms with Crippen molar-refractivity contribution in [2.75, 3.05) is 19.6 Å². The summed E-state index contributed by atoms with van der Waals surface area (Å²) < 4.78 is 12.9. The molecule has 1 N–H and O–H groups in total. The Hall–Kier alpha value is -1.79. The van der Waals surface area contributed by atoms with Gasteiger partial charge < -0.3 is 10.2 Å². The summed E-state index contributed by atoms with van der Waals surface area (Å²) in [6.07, 6.45) is 2.27. The van der Waals surface area contributed by atoms with Crippen molar-refractivity contribution in [1.29, 1.82) is 0 Å². The van der Waals surface area contributed by atoms with Crippen LogP contribution in [0.4, 0.5) is 4.39 Å². The van der Waals surface area contributed by atoms with E-state index >= 15 is 0 Å². The molecule has 2 aromatic rings. The van der Waals surface area contributed by atoms with Crippen LogP contribution in [0.3, 0.4) is 0 Å². The lowest BCUT2D eigenvalue weighted by molar-refractivity contribution is 0.0660. The Labute approximate surface area is 133 Å². The maximum absolute atomic E-state index is 12.9. The van der Waals surface area contributed by atoms with Gasteiger partial charge in [0, 0.05) is 32.1 Å². The first-order valence-electron chi connectivity index (χ1n) is 7.34. The van der Waals surface area contributed by atoms with Gasteiger partial charge in [0.2, 0.25) is 0 Å². The van der Waals surface area contributed by atoms with E-state index in [0.717, 1.165) is 30.2 Å². The van der Waals surface area contributed by atoms with E-state index in [-0.39, 0.29) is 17.8 Å². The molecular weight excluding hydrogens is 301 g/mol. The number of nitrogens with one attached hydrogen (secondary N) is 1. The van der Waals surface area contributed by atoms with Crippen LogP contribution in [-0.2, 0) is 6.42 Å². The van der Waals surface area contributed by atoms with E-state index in [1.165, 1.54) is 23.5 Å². The number of nitrogens with zero attached hydrogens (tertiary/aromatic N) is 2. The molecule has 1 amide bonds. The highest BCUT2D eigenvalue weighted by molar-refractivity contribution is 7.13. The minimum Gasteiger partial charge on any atom is -0.333 e. The zero-order valence-electron chi connectivity index (χ0n) is 12.4. The summed E-state index contributed by atoms with van der Waals surface area (Å²) in [6, 6.07) is 6.58. The third-order valence-electron chi connectivity index (χ3n) is 3.80. The minimum atomic E-state index is -0.244. The van der Waals surface area contributed by atoms with Crippen molar-refractivity contribution in [2.45, 2.75) is 19.4 Å². The third kappa shape index (κ3) is 3.34. The van der Waals surface area contributed by atoms with Crippen LogP contribution in [0.1, 0.15) is 27.2 Å². The first-order chi connectivity index (χ1) is 10.6. The van der Waals surface area contributed by atoms with Crippen molar-refractivity contribution in [3.05, 3.63) is 51.7 Å². The van der Waals surface area contributed by atoms with Gasteiger partial charge in [0.15, 0.2) is 0 Å². The van der Waals surface area contributed by atoms with E-state index in [1.54, 1.807) is 18.3 Å². The van der Waals surface area contributed by atoms with Crippen LogP contribution in [0, 0.1) is 5.82 Å². The second-order valence-electron chi connectivity index (χ2n) is 5.47. The molecule has 1 fully saturated rings. The molecule has 0 saturated carbocycles. The van der Waals surface area contributed by atoms with E-state index in [9.17, 15) is 9.18 Å². The van der Waals surface area contributed by atoms with Crippen molar-refractivity contribution in [2.24, 2.45) is 0 Å². The fourth-order valence-electron chi connectivity index (χ4n) is 2.55. The van der Waals surface area contributed by atoms with Crippen molar-refractivity contribution in [3.8, 4) is 0 Å². The second-order valence-corrected chi connectivity index (χ2v) is 6.59. The molecule has 0 bridgehead atoms. The molecule has 1 aromatic heterocycles. The summed E-state index contributed by atoms with van der Waals surface area (Å²) in [7, 11) is 0. The summed E-state index contributed by atoms with van der Waals surface area (Å²) in [5.41, 5.74) is 0.991. The first kappa shape index (κ1) is 15.1. The maximum Gasteiger partial charge on any atom is 0.265 e. The summed E-state index contributed by atoms with van der Waals surface area (Å²) in [5.74, 6) is -0.191. The lowest BCUT2D eigenvalue weighted by Gasteiger charge is -2.33. The molecule has 1 atom stereocenters. The van der Waals surface area contributed by atoms with Crippen LogP contribution in [0.25, 0.3) is 0 Å². The smallest absolute Gasteiger partial charge is 0.265 e. The van der Waals surface area contributed by atoms with Crippen molar-refractivity contribution in [3.63, 3.8) is 0 Å². The zero-order valence-corrected chi connectivity index (χ0v) is 13.2. The van der Waals surface area contributed by atoms with Crippen molar-refractivity contribution >= 4 is 17.2 Å². The molecule has 6 heteroatoms. The van der Waals surface area contributed by atoms with Gasteiger partial charge >= 0.3 is 0 Å². The van der Waals surface area contributed by atoms with Crippen LogP contribution >= 0.6 is 11.3 Å². The van der Waals surface area contributed by atoms with Gasteiger partial charge in [-0.2, -0.15) is 0 Å². The molecule has 0 aliphatic carbocycles. The second kappa shape index (κ2) is 6.54. The van der Waals surface area contributed by atoms with Gasteiger partial charge in [-0.05, 0) is 24.6 Å². The number of rotatable bonds is 3. The van der Waals surface area contributed by atoms with Crippen LogP contribution in [-0.4, -0.2) is 41.5 Å². The molecule has 0 spiro atoms. The van der Waals surface area contributed by atoms with Crippen LogP contribution in [0.2, 0.25) is 0 Å². The Balaban J connectivity index is 1.70. The Kier molecular flexibility index (Phi) is 4.49. The molecular formula is C16H18FN3OS. The molecule has 4 nitrogen and oxygen atoms in total. The predicted molar refractivity (Wildman–Crippen MR) is 84.7 cm³/mol. The third-order valence-corrected chi connectivity index (χ3v) is 4.78. The zero-order chi connectivity index (χ0) is 15.5. The summed E-state index contributed by atoms with van der Waals surface area (Å²) >= 11 is 1.42. The quantitative estimate of drug-likeness (QED) is 0.944. The van der Waals surface area contributed by atoms with Gasteiger partial charge in [0.1, 0.15) is 10.7 Å². The number of thiazole rings is 1. The monoisotopic (exact) mass is 319 g/mol. The van der Waals surface area contributed by atoms with Crippen LogP contribution in [0.5, 0.6) is 0 Å². The Morgan fingerprint density at radius 1 is 1.45 bits per heavy atom. The molecule has 1 aromatic carbocycles. The number of hydrogen-bond acceptors (Lipinski definition) is 4. The number of aromatic nitrogens is 1. The topological polar surface area (TPSA) is 45.2 Å². The Morgan fingerprint density at radius 2 is 2.23 bits per heavy atom. The molecule has 1 unspecified atom stereocenters. The fraction of sp³-hybridized carbons (Fsp3) is 0.375. The Bertz CT molecular complexity index is 656. The highest BCUT2D eigenvalue weighted by Gasteiger charge is 2.25. The van der Waals surface area contributed by atoms with Gasteiger partial charge in [-0.3, -0.25) is 4.79 Å². The van der Waals surface area contributed by atoms with Gasteiger partial charge in [-0.25, -0.2) is 9.37 Å². The van der Waals surface area contributed by atoms with E-state index < -0.39 is 0 Å². The molecule has 3 rings (SSSR count). The largest absolute Gasteiger partial charge is 0.333 e. The van der Waals surface area contributed by atoms with E-state index in [0.29, 0.717) is 11.3 Å². The SMILES string of the molecule is CC1CNCCN1C(=O)c1cnc(Cc2ccc(F)cc2)s1. The Morgan fingerprint density at radius 3 is 2.95 bits per heavy atom. The van der Waals surface area contributed by atoms with Crippen molar-refractivity contribution < 1.29 is 9.18 Å². The van der Waals surface area contributed by atoms with Gasteiger partial charge in [0.25, 0.3) is 5.91 Å². The number of amides is 1. The number of piperazine rings is 1. The molecule has 1 aliphatic heterocycles. The van der Waals surface area contributed by atoms with Gasteiger partial charge in [0.05, 0.1) is 11.2 Å². The molecule has 1 saturated heterocycles. The molecule has 116 valence electrons. The van der Waals surface area contributed by atoms with Gasteiger partial charge in [-0.1, -0.05) is 12.1 Å². The predicted octanol–water partition coefficient (Wildman–Crippen LogP) is 2.31. The number of hydrogen-bond donors (Lipinski definition) is 1. The number of halogens is 1.